The summed E-state index contributed by atoms with van der Waals surface area (Å²) in [6.45, 7) is 4.44. The van der Waals surface area contributed by atoms with Crippen LogP contribution in [0.2, 0.25) is 0 Å². The fraction of sp³-hybridized carbons (Fsp3) is 0.933. The van der Waals surface area contributed by atoms with E-state index in [0.717, 1.165) is 44.8 Å². The van der Waals surface area contributed by atoms with Gasteiger partial charge in [0.05, 0.1) is 12.6 Å². The zero-order chi connectivity index (χ0) is 13.7. The third-order valence-electron chi connectivity index (χ3n) is 4.60. The number of carbonyl (C=O) groups is 1. The molecule has 4 nitrogen and oxygen atoms in total. The van der Waals surface area contributed by atoms with E-state index in [2.05, 4.69) is 12.2 Å². The van der Waals surface area contributed by atoms with Gasteiger partial charge in [-0.2, -0.15) is 0 Å². The summed E-state index contributed by atoms with van der Waals surface area (Å²) in [6.07, 6.45) is 7.42. The smallest absolute Gasteiger partial charge is 0.236 e. The van der Waals surface area contributed by atoms with E-state index in [1.165, 1.54) is 12.8 Å². The predicted octanol–water partition coefficient (Wildman–Crippen LogP) is 1.79. The van der Waals surface area contributed by atoms with Crippen LogP contribution in [-0.4, -0.2) is 49.7 Å². The molecule has 1 heterocycles. The molecule has 19 heavy (non-hydrogen) atoms. The van der Waals surface area contributed by atoms with Gasteiger partial charge in [0.25, 0.3) is 0 Å². The number of nitrogens with zero attached hydrogens (tertiary/aromatic N) is 1. The van der Waals surface area contributed by atoms with E-state index in [0.29, 0.717) is 18.7 Å². The van der Waals surface area contributed by atoms with Crippen LogP contribution in [0.15, 0.2) is 0 Å². The maximum Gasteiger partial charge on any atom is 0.236 e. The molecule has 1 aliphatic carbocycles. The molecule has 0 radical (unpaired) electrons. The first kappa shape index (κ1) is 14.8. The fourth-order valence-electron chi connectivity index (χ4n) is 3.10. The van der Waals surface area contributed by atoms with Gasteiger partial charge < -0.3 is 15.0 Å². The molecule has 1 saturated heterocycles. The van der Waals surface area contributed by atoms with Crippen molar-refractivity contribution in [3.8, 4) is 0 Å². The summed E-state index contributed by atoms with van der Waals surface area (Å²) >= 11 is 0. The molecular weight excluding hydrogens is 240 g/mol. The summed E-state index contributed by atoms with van der Waals surface area (Å²) in [7, 11) is 1.96. The van der Waals surface area contributed by atoms with Crippen LogP contribution >= 0.6 is 0 Å². The normalized spacial score (nSPS) is 31.4. The minimum absolute atomic E-state index is 0.220. The van der Waals surface area contributed by atoms with Crippen LogP contribution in [0.5, 0.6) is 0 Å². The van der Waals surface area contributed by atoms with Crippen LogP contribution in [0.3, 0.4) is 0 Å². The van der Waals surface area contributed by atoms with E-state index >= 15 is 0 Å². The summed E-state index contributed by atoms with van der Waals surface area (Å²) in [5.74, 6) is 1.05. The van der Waals surface area contributed by atoms with Gasteiger partial charge in [-0.3, -0.25) is 4.79 Å². The molecular formula is C15H28N2O2. The fourth-order valence-corrected chi connectivity index (χ4v) is 3.10. The Morgan fingerprint density at radius 1 is 1.26 bits per heavy atom. The first-order chi connectivity index (χ1) is 9.16. The number of ether oxygens (including phenoxy) is 1. The summed E-state index contributed by atoms with van der Waals surface area (Å²) < 4.78 is 5.54. The molecule has 4 heteroatoms. The van der Waals surface area contributed by atoms with Crippen molar-refractivity contribution in [2.75, 3.05) is 26.7 Å². The highest BCUT2D eigenvalue weighted by atomic mass is 16.5. The molecule has 2 rings (SSSR count). The third kappa shape index (κ3) is 4.46. The summed E-state index contributed by atoms with van der Waals surface area (Å²) in [5, 5.41) is 3.24. The van der Waals surface area contributed by atoms with Crippen LogP contribution in [0.25, 0.3) is 0 Å². The van der Waals surface area contributed by atoms with Crippen LogP contribution in [0, 0.1) is 5.92 Å². The van der Waals surface area contributed by atoms with Crippen molar-refractivity contribution in [2.24, 2.45) is 5.92 Å². The Balaban J connectivity index is 1.64. The van der Waals surface area contributed by atoms with E-state index < -0.39 is 0 Å². The highest BCUT2D eigenvalue weighted by Crippen LogP contribution is 2.26. The van der Waals surface area contributed by atoms with Gasteiger partial charge >= 0.3 is 0 Å². The van der Waals surface area contributed by atoms with Crippen LogP contribution in [0.1, 0.15) is 45.4 Å². The highest BCUT2D eigenvalue weighted by Gasteiger charge is 2.24. The van der Waals surface area contributed by atoms with E-state index in [9.17, 15) is 4.79 Å². The second kappa shape index (κ2) is 7.25. The van der Waals surface area contributed by atoms with Gasteiger partial charge in [0, 0.05) is 26.2 Å². The lowest BCUT2D eigenvalue weighted by Gasteiger charge is -2.33. The van der Waals surface area contributed by atoms with Crippen molar-refractivity contribution < 1.29 is 9.53 Å². The average Bonchev–Trinajstić information content (AvgIpc) is 2.92. The first-order valence-electron chi connectivity index (χ1n) is 7.75. The van der Waals surface area contributed by atoms with Crippen molar-refractivity contribution in [3.05, 3.63) is 0 Å². The Morgan fingerprint density at radius 2 is 2.00 bits per heavy atom. The topological polar surface area (TPSA) is 41.6 Å². The van der Waals surface area contributed by atoms with Crippen LogP contribution in [0.4, 0.5) is 0 Å². The summed E-state index contributed by atoms with van der Waals surface area (Å²) in [4.78, 5) is 14.1. The summed E-state index contributed by atoms with van der Waals surface area (Å²) in [5.41, 5.74) is 0. The SMILES string of the molecule is CC1CCC(N(C)C(=O)CNCC2CCCO2)CC1. The van der Waals surface area contributed by atoms with E-state index in [1.807, 2.05) is 11.9 Å². The van der Waals surface area contributed by atoms with E-state index in [4.69, 9.17) is 4.74 Å². The molecule has 1 saturated carbocycles. The van der Waals surface area contributed by atoms with Crippen molar-refractivity contribution in [2.45, 2.75) is 57.6 Å². The number of hydrogen-bond acceptors (Lipinski definition) is 3. The van der Waals surface area contributed by atoms with Gasteiger partial charge in [-0.1, -0.05) is 6.92 Å². The monoisotopic (exact) mass is 268 g/mol. The van der Waals surface area contributed by atoms with Gasteiger partial charge in [0.2, 0.25) is 5.91 Å². The van der Waals surface area contributed by atoms with Crippen molar-refractivity contribution in [3.63, 3.8) is 0 Å². The lowest BCUT2D eigenvalue weighted by Crippen LogP contribution is -2.44. The molecule has 1 atom stereocenters. The Labute approximate surface area is 116 Å². The molecule has 1 N–H and O–H groups in total. The molecule has 1 unspecified atom stereocenters. The molecule has 0 bridgehead atoms. The second-order valence-electron chi connectivity index (χ2n) is 6.18. The zero-order valence-electron chi connectivity index (χ0n) is 12.4. The Hall–Kier alpha value is -0.610. The van der Waals surface area contributed by atoms with Crippen LogP contribution in [-0.2, 0) is 9.53 Å². The maximum atomic E-state index is 12.1. The van der Waals surface area contributed by atoms with E-state index in [1.54, 1.807) is 0 Å². The number of hydrogen-bond donors (Lipinski definition) is 1. The Kier molecular flexibility index (Phi) is 5.64. The number of nitrogens with one attached hydrogen (secondary N) is 1. The lowest BCUT2D eigenvalue weighted by atomic mass is 9.87. The largest absolute Gasteiger partial charge is 0.377 e. The van der Waals surface area contributed by atoms with Gasteiger partial charge in [-0.25, -0.2) is 0 Å². The standard InChI is InChI=1S/C15H28N2O2/c1-12-5-7-13(8-6-12)17(2)15(18)11-16-10-14-4-3-9-19-14/h12-14,16H,3-11H2,1-2H3. The molecule has 0 spiro atoms. The predicted molar refractivity (Wildman–Crippen MR) is 76.0 cm³/mol. The zero-order valence-corrected chi connectivity index (χ0v) is 12.4. The Bertz CT molecular complexity index is 282. The molecule has 2 fully saturated rings. The van der Waals surface area contributed by atoms with Crippen molar-refractivity contribution in [1.82, 2.24) is 10.2 Å². The van der Waals surface area contributed by atoms with E-state index in [-0.39, 0.29) is 5.91 Å². The summed E-state index contributed by atoms with van der Waals surface area (Å²) in [6, 6.07) is 0.452. The molecule has 2 aliphatic rings. The average molecular weight is 268 g/mol. The molecule has 0 aromatic carbocycles. The van der Waals surface area contributed by atoms with Gasteiger partial charge in [0.1, 0.15) is 0 Å². The lowest BCUT2D eigenvalue weighted by molar-refractivity contribution is -0.131. The molecule has 0 aromatic heterocycles. The molecule has 1 amide bonds. The molecule has 110 valence electrons. The Morgan fingerprint density at radius 3 is 2.63 bits per heavy atom. The second-order valence-corrected chi connectivity index (χ2v) is 6.18. The number of carbonyl (C=O) groups excluding carboxylic acids is 1. The minimum atomic E-state index is 0.220. The maximum absolute atomic E-state index is 12.1. The van der Waals surface area contributed by atoms with Crippen molar-refractivity contribution >= 4 is 5.91 Å². The van der Waals surface area contributed by atoms with Crippen molar-refractivity contribution in [1.29, 1.82) is 0 Å². The number of likely N-dealkylation sites (N-methyl/N-ethyl adjacent to an activating group) is 1. The van der Waals surface area contributed by atoms with Gasteiger partial charge in [0.15, 0.2) is 0 Å². The van der Waals surface area contributed by atoms with Crippen LogP contribution < -0.4 is 5.32 Å². The number of rotatable bonds is 5. The quantitative estimate of drug-likeness (QED) is 0.826. The van der Waals surface area contributed by atoms with Gasteiger partial charge in [-0.05, 0) is 44.4 Å². The molecule has 0 aromatic rings. The highest BCUT2D eigenvalue weighted by molar-refractivity contribution is 5.78. The molecule has 1 aliphatic heterocycles. The minimum Gasteiger partial charge on any atom is -0.377 e. The first-order valence-corrected chi connectivity index (χ1v) is 7.75. The third-order valence-corrected chi connectivity index (χ3v) is 4.60. The number of amides is 1. The van der Waals surface area contributed by atoms with Gasteiger partial charge in [-0.15, -0.1) is 0 Å².